The third-order valence-corrected chi connectivity index (χ3v) is 3.65. The van der Waals surface area contributed by atoms with Crippen LogP contribution in [0.5, 0.6) is 0 Å². The summed E-state index contributed by atoms with van der Waals surface area (Å²) in [6.45, 7) is 11.1. The average molecular weight is 303 g/mol. The molecular formula is C15H33N3O3. The summed E-state index contributed by atoms with van der Waals surface area (Å²) in [5, 5.41) is 3.36. The fourth-order valence-corrected chi connectivity index (χ4v) is 2.30. The van der Waals surface area contributed by atoms with Crippen LogP contribution in [-0.4, -0.2) is 83.3 Å². The first-order valence-electron chi connectivity index (χ1n) is 8.26. The van der Waals surface area contributed by atoms with Crippen molar-refractivity contribution in [2.75, 3.05) is 72.4 Å². The van der Waals surface area contributed by atoms with E-state index in [1.54, 1.807) is 0 Å². The zero-order valence-electron chi connectivity index (χ0n) is 13.5. The highest BCUT2D eigenvalue weighted by Gasteiger charge is 2.19. The largest absolute Gasteiger partial charge is 0.379 e. The Labute approximate surface area is 129 Å². The van der Waals surface area contributed by atoms with Gasteiger partial charge in [0.05, 0.1) is 33.0 Å². The predicted molar refractivity (Wildman–Crippen MR) is 84.7 cm³/mol. The zero-order chi connectivity index (χ0) is 15.2. The summed E-state index contributed by atoms with van der Waals surface area (Å²) in [5.74, 6) is 0. The van der Waals surface area contributed by atoms with Crippen LogP contribution in [0.2, 0.25) is 0 Å². The van der Waals surface area contributed by atoms with Gasteiger partial charge in [0, 0.05) is 45.4 Å². The lowest BCUT2D eigenvalue weighted by atomic mass is 10.2. The molecule has 3 N–H and O–H groups in total. The number of nitrogens with one attached hydrogen (secondary N) is 1. The molecule has 0 aromatic carbocycles. The molecule has 1 atom stereocenters. The topological polar surface area (TPSA) is 69.0 Å². The Morgan fingerprint density at radius 1 is 1.05 bits per heavy atom. The second-order valence-electron chi connectivity index (χ2n) is 5.32. The van der Waals surface area contributed by atoms with Crippen molar-refractivity contribution in [1.82, 2.24) is 10.2 Å². The first kappa shape index (κ1) is 18.8. The number of rotatable bonds is 13. The van der Waals surface area contributed by atoms with Gasteiger partial charge >= 0.3 is 0 Å². The molecule has 0 spiro atoms. The predicted octanol–water partition coefficient (Wildman–Crippen LogP) is 0.0688. The van der Waals surface area contributed by atoms with E-state index in [1.165, 1.54) is 6.42 Å². The quantitative estimate of drug-likeness (QED) is 0.469. The van der Waals surface area contributed by atoms with Crippen molar-refractivity contribution in [1.29, 1.82) is 0 Å². The van der Waals surface area contributed by atoms with E-state index in [0.29, 0.717) is 39.0 Å². The van der Waals surface area contributed by atoms with Gasteiger partial charge < -0.3 is 25.3 Å². The van der Waals surface area contributed by atoms with Gasteiger partial charge in [-0.05, 0) is 6.42 Å². The lowest BCUT2D eigenvalue weighted by Gasteiger charge is -2.35. The van der Waals surface area contributed by atoms with E-state index >= 15 is 0 Å². The molecule has 0 aromatic rings. The maximum absolute atomic E-state index is 5.77. The molecule has 6 nitrogen and oxygen atoms in total. The van der Waals surface area contributed by atoms with Gasteiger partial charge in [-0.2, -0.15) is 0 Å². The third-order valence-electron chi connectivity index (χ3n) is 3.65. The highest BCUT2D eigenvalue weighted by atomic mass is 16.5. The molecule has 6 heteroatoms. The van der Waals surface area contributed by atoms with E-state index in [0.717, 1.165) is 45.8 Å². The van der Waals surface area contributed by atoms with Crippen LogP contribution in [0.1, 0.15) is 19.8 Å². The van der Waals surface area contributed by atoms with Crippen molar-refractivity contribution >= 4 is 0 Å². The average Bonchev–Trinajstić information content (AvgIpc) is 2.53. The molecule has 0 amide bonds. The van der Waals surface area contributed by atoms with Crippen LogP contribution in [0.3, 0.4) is 0 Å². The first-order chi connectivity index (χ1) is 10.4. The van der Waals surface area contributed by atoms with Gasteiger partial charge in [-0.15, -0.1) is 0 Å². The molecule has 0 aliphatic carbocycles. The summed E-state index contributed by atoms with van der Waals surface area (Å²) >= 11 is 0. The second-order valence-corrected chi connectivity index (χ2v) is 5.32. The third kappa shape index (κ3) is 9.39. The standard InChI is InChI=1S/C15H33N3O3/c1-2-3-7-19-9-11-21-12-10-20-8-6-18-5-4-17-14-15(18)13-16/h15,17H,2-14,16H2,1H3. The summed E-state index contributed by atoms with van der Waals surface area (Å²) in [5.41, 5.74) is 5.77. The Morgan fingerprint density at radius 2 is 1.71 bits per heavy atom. The number of unbranched alkanes of at least 4 members (excludes halogenated alkanes) is 1. The van der Waals surface area contributed by atoms with Crippen molar-refractivity contribution in [3.8, 4) is 0 Å². The van der Waals surface area contributed by atoms with Gasteiger partial charge in [0.1, 0.15) is 0 Å². The molecule has 1 heterocycles. The monoisotopic (exact) mass is 303 g/mol. The highest BCUT2D eigenvalue weighted by molar-refractivity contribution is 4.79. The van der Waals surface area contributed by atoms with Crippen LogP contribution < -0.4 is 11.1 Å². The molecule has 0 radical (unpaired) electrons. The van der Waals surface area contributed by atoms with E-state index in [-0.39, 0.29) is 0 Å². The molecule has 126 valence electrons. The van der Waals surface area contributed by atoms with Crippen LogP contribution in [0, 0.1) is 0 Å². The maximum atomic E-state index is 5.77. The molecule has 1 aliphatic rings. The van der Waals surface area contributed by atoms with Crippen molar-refractivity contribution in [2.24, 2.45) is 5.73 Å². The van der Waals surface area contributed by atoms with Crippen LogP contribution in [0.25, 0.3) is 0 Å². The summed E-state index contributed by atoms with van der Waals surface area (Å²) in [6.07, 6.45) is 2.30. The number of hydrogen-bond acceptors (Lipinski definition) is 6. The highest BCUT2D eigenvalue weighted by Crippen LogP contribution is 2.01. The van der Waals surface area contributed by atoms with Crippen molar-refractivity contribution in [3.63, 3.8) is 0 Å². The summed E-state index contributed by atoms with van der Waals surface area (Å²) in [6, 6.07) is 0.443. The Morgan fingerprint density at radius 3 is 2.38 bits per heavy atom. The SMILES string of the molecule is CCCCOCCOCCOCCN1CCNCC1CN. The molecule has 0 aromatic heterocycles. The zero-order valence-corrected chi connectivity index (χ0v) is 13.5. The number of ether oxygens (including phenoxy) is 3. The maximum Gasteiger partial charge on any atom is 0.0701 e. The summed E-state index contributed by atoms with van der Waals surface area (Å²) in [4.78, 5) is 2.40. The molecule has 1 aliphatic heterocycles. The Kier molecular flexibility index (Phi) is 12.0. The Balaban J connectivity index is 1.83. The van der Waals surface area contributed by atoms with Gasteiger partial charge in [-0.3, -0.25) is 4.90 Å². The van der Waals surface area contributed by atoms with Gasteiger partial charge in [0.2, 0.25) is 0 Å². The van der Waals surface area contributed by atoms with Crippen molar-refractivity contribution in [3.05, 3.63) is 0 Å². The first-order valence-corrected chi connectivity index (χ1v) is 8.26. The smallest absolute Gasteiger partial charge is 0.0701 e. The Hall–Kier alpha value is -0.240. The normalized spacial score (nSPS) is 20.0. The molecule has 1 unspecified atom stereocenters. The van der Waals surface area contributed by atoms with Crippen LogP contribution in [-0.2, 0) is 14.2 Å². The number of hydrogen-bond donors (Lipinski definition) is 2. The Bertz CT molecular complexity index is 232. The van der Waals surface area contributed by atoms with E-state index < -0.39 is 0 Å². The molecule has 0 bridgehead atoms. The van der Waals surface area contributed by atoms with Crippen LogP contribution in [0.4, 0.5) is 0 Å². The second kappa shape index (κ2) is 13.4. The fourth-order valence-electron chi connectivity index (χ4n) is 2.30. The van der Waals surface area contributed by atoms with Crippen molar-refractivity contribution in [2.45, 2.75) is 25.8 Å². The van der Waals surface area contributed by atoms with Crippen LogP contribution >= 0.6 is 0 Å². The summed E-state index contributed by atoms with van der Waals surface area (Å²) < 4.78 is 16.5. The van der Waals surface area contributed by atoms with Gasteiger partial charge in [0.15, 0.2) is 0 Å². The molecule has 21 heavy (non-hydrogen) atoms. The van der Waals surface area contributed by atoms with Gasteiger partial charge in [-0.1, -0.05) is 13.3 Å². The van der Waals surface area contributed by atoms with E-state index in [9.17, 15) is 0 Å². The minimum absolute atomic E-state index is 0.443. The summed E-state index contributed by atoms with van der Waals surface area (Å²) in [7, 11) is 0. The molecule has 1 rings (SSSR count). The van der Waals surface area contributed by atoms with Crippen molar-refractivity contribution < 1.29 is 14.2 Å². The minimum Gasteiger partial charge on any atom is -0.379 e. The van der Waals surface area contributed by atoms with E-state index in [1.807, 2.05) is 0 Å². The lowest BCUT2D eigenvalue weighted by molar-refractivity contribution is 0.00705. The molecular weight excluding hydrogens is 270 g/mol. The van der Waals surface area contributed by atoms with E-state index in [4.69, 9.17) is 19.9 Å². The molecule has 0 saturated carbocycles. The fraction of sp³-hybridized carbons (Fsp3) is 1.00. The lowest BCUT2D eigenvalue weighted by Crippen LogP contribution is -2.55. The number of nitrogens with zero attached hydrogens (tertiary/aromatic N) is 1. The van der Waals surface area contributed by atoms with Gasteiger partial charge in [-0.25, -0.2) is 0 Å². The minimum atomic E-state index is 0.443. The van der Waals surface area contributed by atoms with Gasteiger partial charge in [0.25, 0.3) is 0 Å². The van der Waals surface area contributed by atoms with E-state index in [2.05, 4.69) is 17.1 Å². The number of piperazine rings is 1. The number of nitrogens with two attached hydrogens (primary N) is 1. The van der Waals surface area contributed by atoms with Crippen LogP contribution in [0.15, 0.2) is 0 Å². The molecule has 1 fully saturated rings. The molecule has 1 saturated heterocycles.